The number of hydrogen-bond acceptors (Lipinski definition) is 2. The molecule has 1 aliphatic heterocycles. The van der Waals surface area contributed by atoms with Gasteiger partial charge in [-0.05, 0) is 35.3 Å². The zero-order valence-corrected chi connectivity index (χ0v) is 8.39. The van der Waals surface area contributed by atoms with E-state index in [-0.39, 0.29) is 0 Å². The maximum Gasteiger partial charge on any atom is 0.0632 e. The largest absolute Gasteiger partial charge is 0.316 e. The predicted molar refractivity (Wildman–Crippen MR) is 51.1 cm³/mol. The molecule has 1 aliphatic rings. The second kappa shape index (κ2) is 3.58. The highest BCUT2D eigenvalue weighted by atomic mass is 79.9. The minimum Gasteiger partial charge on any atom is -0.316 e. The number of aromatic nitrogens is 2. The molecule has 0 bridgehead atoms. The summed E-state index contributed by atoms with van der Waals surface area (Å²) in [5, 5.41) is 10.4. The van der Waals surface area contributed by atoms with Crippen molar-refractivity contribution in [3.05, 3.63) is 16.4 Å². The van der Waals surface area contributed by atoms with E-state index in [0.29, 0.717) is 5.92 Å². The number of nitrogens with zero attached hydrogens (tertiary/aromatic N) is 1. The van der Waals surface area contributed by atoms with Crippen molar-refractivity contribution >= 4 is 15.9 Å². The van der Waals surface area contributed by atoms with Gasteiger partial charge < -0.3 is 5.32 Å². The first kappa shape index (κ1) is 8.26. The highest BCUT2D eigenvalue weighted by Crippen LogP contribution is 2.26. The summed E-state index contributed by atoms with van der Waals surface area (Å²) in [6.07, 6.45) is 4.34. The smallest absolute Gasteiger partial charge is 0.0632 e. The van der Waals surface area contributed by atoms with E-state index in [0.717, 1.165) is 17.6 Å². The van der Waals surface area contributed by atoms with E-state index < -0.39 is 0 Å². The van der Waals surface area contributed by atoms with Crippen LogP contribution < -0.4 is 5.32 Å². The van der Waals surface area contributed by atoms with Crippen LogP contribution in [-0.4, -0.2) is 23.3 Å². The Hall–Kier alpha value is -0.350. The number of halogens is 1. The molecular formula is C8H12BrN3. The summed E-state index contributed by atoms with van der Waals surface area (Å²) in [5.41, 5.74) is 1.24. The van der Waals surface area contributed by atoms with Gasteiger partial charge in [-0.15, -0.1) is 0 Å². The molecule has 0 amide bonds. The average molecular weight is 230 g/mol. The summed E-state index contributed by atoms with van der Waals surface area (Å²) in [7, 11) is 0. The molecule has 12 heavy (non-hydrogen) atoms. The molecular weight excluding hydrogens is 218 g/mol. The number of H-pyrrole nitrogens is 1. The SMILES string of the molecule is Brc1cn[nH]c1C1CCCNC1. The van der Waals surface area contributed by atoms with Crippen LogP contribution in [0.3, 0.4) is 0 Å². The Labute approximate surface area is 80.1 Å². The molecule has 1 unspecified atom stereocenters. The number of hydrogen-bond donors (Lipinski definition) is 2. The van der Waals surface area contributed by atoms with Crippen molar-refractivity contribution < 1.29 is 0 Å². The fourth-order valence-electron chi connectivity index (χ4n) is 1.67. The third kappa shape index (κ3) is 1.54. The van der Waals surface area contributed by atoms with Gasteiger partial charge in [-0.25, -0.2) is 0 Å². The molecule has 4 heteroatoms. The van der Waals surface area contributed by atoms with Crippen molar-refractivity contribution in [2.75, 3.05) is 13.1 Å². The second-order valence-electron chi connectivity index (χ2n) is 3.17. The highest BCUT2D eigenvalue weighted by molar-refractivity contribution is 9.10. The first-order valence-corrected chi connectivity index (χ1v) is 5.06. The number of piperidine rings is 1. The summed E-state index contributed by atoms with van der Waals surface area (Å²) in [6, 6.07) is 0. The molecule has 0 aliphatic carbocycles. The van der Waals surface area contributed by atoms with Gasteiger partial charge in [-0.2, -0.15) is 5.10 Å². The summed E-state index contributed by atoms with van der Waals surface area (Å²) in [6.45, 7) is 2.23. The van der Waals surface area contributed by atoms with E-state index in [2.05, 4.69) is 31.4 Å². The summed E-state index contributed by atoms with van der Waals surface area (Å²) >= 11 is 3.48. The average Bonchev–Trinajstić information content (AvgIpc) is 2.53. The monoisotopic (exact) mass is 229 g/mol. The molecule has 0 spiro atoms. The second-order valence-corrected chi connectivity index (χ2v) is 4.03. The van der Waals surface area contributed by atoms with E-state index >= 15 is 0 Å². The van der Waals surface area contributed by atoms with Crippen LogP contribution in [-0.2, 0) is 0 Å². The molecule has 1 atom stereocenters. The van der Waals surface area contributed by atoms with Crippen LogP contribution in [0, 0.1) is 0 Å². The molecule has 66 valence electrons. The first-order valence-electron chi connectivity index (χ1n) is 4.27. The lowest BCUT2D eigenvalue weighted by molar-refractivity contribution is 0.453. The lowest BCUT2D eigenvalue weighted by Gasteiger charge is -2.21. The van der Waals surface area contributed by atoms with Crippen LogP contribution in [0.1, 0.15) is 24.5 Å². The number of rotatable bonds is 1. The quantitative estimate of drug-likeness (QED) is 0.769. The molecule has 0 saturated carbocycles. The molecule has 1 aromatic heterocycles. The topological polar surface area (TPSA) is 40.7 Å². The van der Waals surface area contributed by atoms with Crippen molar-refractivity contribution in [3.63, 3.8) is 0 Å². The fraction of sp³-hybridized carbons (Fsp3) is 0.625. The molecule has 2 rings (SSSR count). The highest BCUT2D eigenvalue weighted by Gasteiger charge is 2.18. The van der Waals surface area contributed by atoms with Gasteiger partial charge in [0.1, 0.15) is 0 Å². The van der Waals surface area contributed by atoms with E-state index in [9.17, 15) is 0 Å². The summed E-state index contributed by atoms with van der Waals surface area (Å²) in [5.74, 6) is 0.607. The number of nitrogens with one attached hydrogen (secondary N) is 2. The lowest BCUT2D eigenvalue weighted by atomic mass is 9.96. The van der Waals surface area contributed by atoms with Gasteiger partial charge in [0.2, 0.25) is 0 Å². The Bertz CT molecular complexity index is 253. The van der Waals surface area contributed by atoms with Crippen LogP contribution in [0.2, 0.25) is 0 Å². The molecule has 2 heterocycles. The third-order valence-electron chi connectivity index (χ3n) is 2.33. The van der Waals surface area contributed by atoms with Gasteiger partial charge in [0.15, 0.2) is 0 Å². The van der Waals surface area contributed by atoms with Gasteiger partial charge in [-0.1, -0.05) is 0 Å². The van der Waals surface area contributed by atoms with Crippen LogP contribution in [0.5, 0.6) is 0 Å². The molecule has 1 aromatic rings. The maximum atomic E-state index is 4.00. The summed E-state index contributed by atoms with van der Waals surface area (Å²) in [4.78, 5) is 0. The van der Waals surface area contributed by atoms with Crippen LogP contribution in [0.4, 0.5) is 0 Å². The Kier molecular flexibility index (Phi) is 2.46. The Morgan fingerprint density at radius 3 is 3.08 bits per heavy atom. The normalized spacial score (nSPS) is 24.2. The molecule has 2 N–H and O–H groups in total. The predicted octanol–water partition coefficient (Wildman–Crippen LogP) is 1.64. The third-order valence-corrected chi connectivity index (χ3v) is 2.96. The van der Waals surface area contributed by atoms with Crippen molar-refractivity contribution in [3.8, 4) is 0 Å². The van der Waals surface area contributed by atoms with E-state index in [1.807, 2.05) is 6.20 Å². The van der Waals surface area contributed by atoms with Gasteiger partial charge in [0, 0.05) is 12.5 Å². The van der Waals surface area contributed by atoms with Gasteiger partial charge in [-0.3, -0.25) is 5.10 Å². The first-order chi connectivity index (χ1) is 5.88. The van der Waals surface area contributed by atoms with Crippen molar-refractivity contribution in [2.45, 2.75) is 18.8 Å². The molecule has 0 radical (unpaired) electrons. The van der Waals surface area contributed by atoms with Crippen molar-refractivity contribution in [2.24, 2.45) is 0 Å². The van der Waals surface area contributed by atoms with Gasteiger partial charge in [0.25, 0.3) is 0 Å². The standard InChI is InChI=1S/C8H12BrN3/c9-7-5-11-12-8(7)6-2-1-3-10-4-6/h5-6,10H,1-4H2,(H,11,12). The zero-order chi connectivity index (χ0) is 8.39. The summed E-state index contributed by atoms with van der Waals surface area (Å²) < 4.78 is 1.11. The number of aromatic amines is 1. The van der Waals surface area contributed by atoms with Gasteiger partial charge in [0.05, 0.1) is 16.4 Å². The van der Waals surface area contributed by atoms with Crippen molar-refractivity contribution in [1.29, 1.82) is 0 Å². The Balaban J connectivity index is 2.13. The van der Waals surface area contributed by atoms with Crippen molar-refractivity contribution in [1.82, 2.24) is 15.5 Å². The van der Waals surface area contributed by atoms with Crippen LogP contribution in [0.25, 0.3) is 0 Å². The van der Waals surface area contributed by atoms with Crippen LogP contribution in [0.15, 0.2) is 10.7 Å². The fourth-order valence-corrected chi connectivity index (χ4v) is 2.18. The molecule has 1 fully saturated rings. The molecule has 1 saturated heterocycles. The van der Waals surface area contributed by atoms with E-state index in [4.69, 9.17) is 0 Å². The Morgan fingerprint density at radius 2 is 2.50 bits per heavy atom. The minimum atomic E-state index is 0.607. The van der Waals surface area contributed by atoms with Gasteiger partial charge >= 0.3 is 0 Å². The zero-order valence-electron chi connectivity index (χ0n) is 6.81. The maximum absolute atomic E-state index is 4.00. The molecule has 3 nitrogen and oxygen atoms in total. The minimum absolute atomic E-state index is 0.607. The van der Waals surface area contributed by atoms with E-state index in [1.165, 1.54) is 18.5 Å². The Morgan fingerprint density at radius 1 is 1.58 bits per heavy atom. The molecule has 0 aromatic carbocycles. The lowest BCUT2D eigenvalue weighted by Crippen LogP contribution is -2.28. The van der Waals surface area contributed by atoms with Crippen LogP contribution >= 0.6 is 15.9 Å². The van der Waals surface area contributed by atoms with E-state index in [1.54, 1.807) is 0 Å².